The van der Waals surface area contributed by atoms with Gasteiger partial charge in [0, 0.05) is 11.8 Å². The van der Waals surface area contributed by atoms with Crippen molar-refractivity contribution in [2.75, 3.05) is 5.32 Å². The van der Waals surface area contributed by atoms with E-state index in [1.165, 1.54) is 24.4 Å². The minimum atomic E-state index is -1.12. The average Bonchev–Trinajstić information content (AvgIpc) is 2.85. The van der Waals surface area contributed by atoms with E-state index >= 15 is 0 Å². The summed E-state index contributed by atoms with van der Waals surface area (Å²) in [4.78, 5) is 25.6. The van der Waals surface area contributed by atoms with Gasteiger partial charge in [0.15, 0.2) is 0 Å². The van der Waals surface area contributed by atoms with Crippen LogP contribution >= 0.6 is 0 Å². The summed E-state index contributed by atoms with van der Waals surface area (Å²) >= 11 is 0. The summed E-state index contributed by atoms with van der Waals surface area (Å²) < 4.78 is 5.06. The van der Waals surface area contributed by atoms with Gasteiger partial charge in [-0.15, -0.1) is 0 Å². The number of rotatable bonds is 5. The highest BCUT2D eigenvalue weighted by Crippen LogP contribution is 2.11. The number of aromatic carboxylic acids is 1. The Labute approximate surface area is 108 Å². The lowest BCUT2D eigenvalue weighted by molar-refractivity contribution is 0.0660. The molecule has 0 bridgehead atoms. The average molecular weight is 261 g/mol. The number of hydrogen-bond donors (Lipinski definition) is 3. The third-order valence-electron chi connectivity index (χ3n) is 2.36. The number of carboxylic acid groups (broad SMARTS) is 1. The monoisotopic (exact) mass is 261 g/mol. The molecule has 0 aliphatic rings. The van der Waals surface area contributed by atoms with Gasteiger partial charge in [-0.1, -0.05) is 0 Å². The highest BCUT2D eigenvalue weighted by molar-refractivity contribution is 5.93. The fourth-order valence-electron chi connectivity index (χ4n) is 1.45. The number of furan rings is 1. The van der Waals surface area contributed by atoms with Crippen molar-refractivity contribution in [1.29, 1.82) is 0 Å². The van der Waals surface area contributed by atoms with Crippen LogP contribution in [0.1, 0.15) is 26.7 Å². The van der Waals surface area contributed by atoms with Crippen LogP contribution in [0.5, 0.6) is 0 Å². The van der Waals surface area contributed by atoms with Gasteiger partial charge in [-0.25, -0.2) is 9.78 Å². The predicted octanol–water partition coefficient (Wildman–Crippen LogP) is 1.08. The molecule has 19 heavy (non-hydrogen) atoms. The molecule has 7 nitrogen and oxygen atoms in total. The first-order valence-corrected chi connectivity index (χ1v) is 5.38. The molecule has 0 radical (unpaired) electrons. The van der Waals surface area contributed by atoms with Crippen molar-refractivity contribution in [2.24, 2.45) is 5.73 Å². The van der Waals surface area contributed by atoms with Crippen LogP contribution in [0.15, 0.2) is 34.9 Å². The van der Waals surface area contributed by atoms with Crippen molar-refractivity contribution in [3.05, 3.63) is 47.5 Å². The van der Waals surface area contributed by atoms with E-state index in [9.17, 15) is 9.59 Å². The lowest BCUT2D eigenvalue weighted by Crippen LogP contribution is -2.11. The number of hydrogen-bond acceptors (Lipinski definition) is 5. The molecule has 4 N–H and O–H groups in total. The Hall–Kier alpha value is -2.83. The molecular weight excluding hydrogens is 250 g/mol. The van der Waals surface area contributed by atoms with Crippen LogP contribution in [0, 0.1) is 0 Å². The minimum absolute atomic E-state index is 0.129. The molecule has 0 aromatic carbocycles. The van der Waals surface area contributed by atoms with E-state index in [2.05, 4.69) is 10.3 Å². The first-order valence-electron chi connectivity index (χ1n) is 5.38. The second-order valence-electron chi connectivity index (χ2n) is 3.72. The van der Waals surface area contributed by atoms with E-state index in [0.29, 0.717) is 17.1 Å². The molecule has 0 atom stereocenters. The van der Waals surface area contributed by atoms with Gasteiger partial charge >= 0.3 is 5.97 Å². The highest BCUT2D eigenvalue weighted by Gasteiger charge is 2.09. The van der Waals surface area contributed by atoms with Gasteiger partial charge < -0.3 is 20.6 Å². The Bertz CT molecular complexity index is 621. The largest absolute Gasteiger partial charge is 0.475 e. The third-order valence-corrected chi connectivity index (χ3v) is 2.36. The number of primary amides is 1. The summed E-state index contributed by atoms with van der Waals surface area (Å²) in [5.41, 5.74) is 5.48. The molecule has 0 spiro atoms. The summed E-state index contributed by atoms with van der Waals surface area (Å²) in [5, 5.41) is 11.6. The molecule has 2 aromatic heterocycles. The quantitative estimate of drug-likeness (QED) is 0.741. The second-order valence-corrected chi connectivity index (χ2v) is 3.72. The smallest absolute Gasteiger partial charge is 0.371 e. The lowest BCUT2D eigenvalue weighted by Gasteiger charge is -2.04. The molecule has 2 aromatic rings. The summed E-state index contributed by atoms with van der Waals surface area (Å²) in [6, 6.07) is 5.92. The van der Waals surface area contributed by atoms with Gasteiger partial charge in [-0.2, -0.15) is 0 Å². The fraction of sp³-hybridized carbons (Fsp3) is 0.0833. The highest BCUT2D eigenvalue weighted by atomic mass is 16.4. The number of carbonyl (C=O) groups is 2. The van der Waals surface area contributed by atoms with Gasteiger partial charge in [0.05, 0.1) is 6.54 Å². The molecule has 0 aliphatic heterocycles. The Balaban J connectivity index is 2.03. The van der Waals surface area contributed by atoms with Crippen molar-refractivity contribution in [3.8, 4) is 0 Å². The van der Waals surface area contributed by atoms with E-state index in [4.69, 9.17) is 15.3 Å². The van der Waals surface area contributed by atoms with Gasteiger partial charge in [-0.3, -0.25) is 4.79 Å². The number of aromatic nitrogens is 1. The molecule has 0 saturated carbocycles. The van der Waals surface area contributed by atoms with E-state index in [0.717, 1.165) is 0 Å². The van der Waals surface area contributed by atoms with E-state index < -0.39 is 11.9 Å². The topological polar surface area (TPSA) is 118 Å². The van der Waals surface area contributed by atoms with Crippen molar-refractivity contribution >= 4 is 17.7 Å². The Morgan fingerprint density at radius 3 is 2.79 bits per heavy atom. The molecule has 2 heterocycles. The van der Waals surface area contributed by atoms with Crippen LogP contribution in [0.25, 0.3) is 0 Å². The summed E-state index contributed by atoms with van der Waals surface area (Å²) in [6.45, 7) is 0.252. The second kappa shape index (κ2) is 5.21. The van der Waals surface area contributed by atoms with E-state index in [1.807, 2.05) is 0 Å². The number of nitrogens with zero attached hydrogens (tertiary/aromatic N) is 1. The number of carbonyl (C=O) groups excluding carboxylic acids is 1. The van der Waals surface area contributed by atoms with Crippen molar-refractivity contribution in [3.63, 3.8) is 0 Å². The first-order chi connectivity index (χ1) is 9.06. The van der Waals surface area contributed by atoms with Crippen LogP contribution in [-0.4, -0.2) is 22.0 Å². The minimum Gasteiger partial charge on any atom is -0.475 e. The molecule has 0 saturated heterocycles. The SMILES string of the molecule is NC(=O)c1ccnc(NCc2ccc(C(=O)O)o2)c1. The standard InChI is InChI=1S/C12H11N3O4/c13-11(16)7-3-4-14-10(5-7)15-6-8-1-2-9(19-8)12(17)18/h1-5H,6H2,(H2,13,16)(H,14,15)(H,17,18). The van der Waals surface area contributed by atoms with Crippen LogP contribution < -0.4 is 11.1 Å². The maximum absolute atomic E-state index is 11.0. The Morgan fingerprint density at radius 2 is 2.16 bits per heavy atom. The van der Waals surface area contributed by atoms with Crippen LogP contribution in [0.2, 0.25) is 0 Å². The molecule has 0 fully saturated rings. The summed E-state index contributed by atoms with van der Waals surface area (Å²) in [5.74, 6) is -0.902. The van der Waals surface area contributed by atoms with Gasteiger partial charge in [0.1, 0.15) is 11.6 Å². The van der Waals surface area contributed by atoms with Crippen molar-refractivity contribution in [1.82, 2.24) is 4.98 Å². The zero-order chi connectivity index (χ0) is 13.8. The zero-order valence-corrected chi connectivity index (χ0v) is 9.79. The van der Waals surface area contributed by atoms with Crippen molar-refractivity contribution < 1.29 is 19.1 Å². The van der Waals surface area contributed by atoms with Gasteiger partial charge in [0.2, 0.25) is 11.7 Å². The lowest BCUT2D eigenvalue weighted by atomic mass is 10.2. The molecule has 98 valence electrons. The molecule has 2 rings (SSSR count). The Morgan fingerprint density at radius 1 is 1.37 bits per heavy atom. The van der Waals surface area contributed by atoms with Crippen LogP contribution in [0.4, 0.5) is 5.82 Å². The van der Waals surface area contributed by atoms with Crippen LogP contribution in [-0.2, 0) is 6.54 Å². The van der Waals surface area contributed by atoms with E-state index in [1.54, 1.807) is 6.07 Å². The van der Waals surface area contributed by atoms with E-state index in [-0.39, 0.29) is 12.3 Å². The zero-order valence-electron chi connectivity index (χ0n) is 9.79. The van der Waals surface area contributed by atoms with Gasteiger partial charge in [-0.05, 0) is 24.3 Å². The molecular formula is C12H11N3O4. The Kier molecular flexibility index (Phi) is 3.46. The normalized spacial score (nSPS) is 10.1. The molecule has 0 unspecified atom stereocenters. The molecule has 0 aliphatic carbocycles. The number of anilines is 1. The first kappa shape index (κ1) is 12.6. The van der Waals surface area contributed by atoms with Crippen molar-refractivity contribution in [2.45, 2.75) is 6.54 Å². The molecule has 7 heteroatoms. The number of pyridine rings is 1. The number of nitrogens with two attached hydrogens (primary N) is 1. The number of amides is 1. The number of carboxylic acids is 1. The summed E-state index contributed by atoms with van der Waals surface area (Å²) in [7, 11) is 0. The predicted molar refractivity (Wildman–Crippen MR) is 65.7 cm³/mol. The fourth-order valence-corrected chi connectivity index (χ4v) is 1.45. The maximum Gasteiger partial charge on any atom is 0.371 e. The maximum atomic E-state index is 11.0. The van der Waals surface area contributed by atoms with Gasteiger partial charge in [0.25, 0.3) is 0 Å². The number of nitrogens with one attached hydrogen (secondary N) is 1. The third kappa shape index (κ3) is 3.09. The summed E-state index contributed by atoms with van der Waals surface area (Å²) in [6.07, 6.45) is 1.45. The van der Waals surface area contributed by atoms with Crippen LogP contribution in [0.3, 0.4) is 0 Å². The molecule has 1 amide bonds.